The van der Waals surface area contributed by atoms with Gasteiger partial charge in [-0.25, -0.2) is 0 Å². The Morgan fingerprint density at radius 3 is 2.45 bits per heavy atom. The molecule has 1 unspecified atom stereocenters. The van der Waals surface area contributed by atoms with E-state index in [1.807, 2.05) is 24.3 Å². The third kappa shape index (κ3) is 5.96. The molecule has 0 saturated carbocycles. The molecule has 9 heteroatoms. The van der Waals surface area contributed by atoms with E-state index in [1.165, 1.54) is 5.69 Å². The number of nitrogens with zero attached hydrogens (tertiary/aromatic N) is 2. The van der Waals surface area contributed by atoms with Gasteiger partial charge in [-0.2, -0.15) is 0 Å². The fourth-order valence-electron chi connectivity index (χ4n) is 3.94. The van der Waals surface area contributed by atoms with Gasteiger partial charge in [-0.15, -0.1) is 12.4 Å². The van der Waals surface area contributed by atoms with Crippen LogP contribution in [0.5, 0.6) is 5.75 Å². The van der Waals surface area contributed by atoms with Crippen molar-refractivity contribution < 1.29 is 14.6 Å². The van der Waals surface area contributed by atoms with E-state index in [0.29, 0.717) is 35.8 Å². The van der Waals surface area contributed by atoms with Gasteiger partial charge < -0.3 is 20.1 Å². The van der Waals surface area contributed by atoms with Crippen LogP contribution < -0.4 is 15.0 Å². The number of piperazine rings is 1. The highest BCUT2D eigenvalue weighted by molar-refractivity contribution is 6.34. The molecule has 0 radical (unpaired) electrons. The van der Waals surface area contributed by atoms with Crippen molar-refractivity contribution in [3.8, 4) is 5.75 Å². The summed E-state index contributed by atoms with van der Waals surface area (Å²) in [6.07, 6.45) is 0.390. The van der Waals surface area contributed by atoms with Gasteiger partial charge in [-0.1, -0.05) is 23.2 Å². The summed E-state index contributed by atoms with van der Waals surface area (Å²) in [5, 5.41) is 14.5. The fraction of sp³-hybridized carbons (Fsp3) is 0.409. The van der Waals surface area contributed by atoms with Gasteiger partial charge in [0.1, 0.15) is 18.5 Å². The predicted molar refractivity (Wildman–Crippen MR) is 127 cm³/mol. The summed E-state index contributed by atoms with van der Waals surface area (Å²) in [5.74, 6) is 0.625. The average molecular weight is 487 g/mol. The van der Waals surface area contributed by atoms with Crippen LogP contribution >= 0.6 is 35.6 Å². The Labute approximate surface area is 198 Å². The molecule has 31 heavy (non-hydrogen) atoms. The highest BCUT2D eigenvalue weighted by atomic mass is 35.5. The monoisotopic (exact) mass is 485 g/mol. The number of hydrogen-bond acceptors (Lipinski definition) is 5. The second kappa shape index (κ2) is 10.7. The number of fused-ring (bicyclic) bond motifs is 1. The van der Waals surface area contributed by atoms with Crippen molar-refractivity contribution in [3.05, 3.63) is 52.0 Å². The van der Waals surface area contributed by atoms with E-state index in [2.05, 4.69) is 15.1 Å². The van der Waals surface area contributed by atoms with Gasteiger partial charge in [0.25, 0.3) is 0 Å². The smallest absolute Gasteiger partial charge is 0.224 e. The van der Waals surface area contributed by atoms with Crippen LogP contribution in [0, 0.1) is 0 Å². The maximum atomic E-state index is 11.6. The van der Waals surface area contributed by atoms with Crippen molar-refractivity contribution in [1.82, 2.24) is 4.90 Å². The molecular formula is C22H26Cl3N3O3. The van der Waals surface area contributed by atoms with Gasteiger partial charge >= 0.3 is 0 Å². The Morgan fingerprint density at radius 1 is 1.03 bits per heavy atom. The molecule has 2 heterocycles. The van der Waals surface area contributed by atoms with Crippen molar-refractivity contribution in [2.24, 2.45) is 0 Å². The molecule has 0 aromatic heterocycles. The minimum absolute atomic E-state index is 0. The summed E-state index contributed by atoms with van der Waals surface area (Å²) in [6, 6.07) is 11.4. The van der Waals surface area contributed by atoms with Gasteiger partial charge in [0.05, 0.1) is 10.7 Å². The third-order valence-electron chi connectivity index (χ3n) is 5.55. The highest BCUT2D eigenvalue weighted by Crippen LogP contribution is 2.37. The summed E-state index contributed by atoms with van der Waals surface area (Å²) in [5.41, 5.74) is 2.69. The van der Waals surface area contributed by atoms with Gasteiger partial charge in [0, 0.05) is 55.4 Å². The lowest BCUT2D eigenvalue weighted by Gasteiger charge is -2.37. The largest absolute Gasteiger partial charge is 0.490 e. The maximum absolute atomic E-state index is 11.6. The van der Waals surface area contributed by atoms with Crippen LogP contribution in [-0.4, -0.2) is 61.3 Å². The summed E-state index contributed by atoms with van der Waals surface area (Å²) in [7, 11) is 0. The van der Waals surface area contributed by atoms with Crippen molar-refractivity contribution in [2.75, 3.05) is 49.5 Å². The topological polar surface area (TPSA) is 65.0 Å². The lowest BCUT2D eigenvalue weighted by Crippen LogP contribution is -2.49. The van der Waals surface area contributed by atoms with Crippen molar-refractivity contribution in [3.63, 3.8) is 0 Å². The number of ether oxygens (including phenoxy) is 1. The zero-order valence-corrected chi connectivity index (χ0v) is 19.3. The summed E-state index contributed by atoms with van der Waals surface area (Å²) < 4.78 is 5.89. The van der Waals surface area contributed by atoms with E-state index >= 15 is 0 Å². The minimum Gasteiger partial charge on any atom is -0.490 e. The van der Waals surface area contributed by atoms with Gasteiger partial charge in [0.15, 0.2) is 0 Å². The van der Waals surface area contributed by atoms with Crippen LogP contribution in [0.1, 0.15) is 12.0 Å². The number of halogens is 3. The second-order valence-corrected chi connectivity index (χ2v) is 8.52. The zero-order chi connectivity index (χ0) is 21.1. The van der Waals surface area contributed by atoms with E-state index in [9.17, 15) is 9.90 Å². The molecule has 0 aliphatic carbocycles. The first-order valence-corrected chi connectivity index (χ1v) is 10.9. The number of β-amino-alcohol motifs (C(OH)–C–C–N with tert-alkyl or cyclic N) is 1. The molecule has 168 valence electrons. The normalized spacial score (nSPS) is 17.4. The number of carbonyl (C=O) groups is 1. The molecular weight excluding hydrogens is 461 g/mol. The summed E-state index contributed by atoms with van der Waals surface area (Å²) in [6.45, 7) is 4.31. The number of hydrogen-bond donors (Lipinski definition) is 2. The molecule has 4 rings (SSSR count). The Balaban J connectivity index is 0.00000272. The molecule has 1 saturated heterocycles. The number of anilines is 2. The van der Waals surface area contributed by atoms with Gasteiger partial charge in [-0.05, 0) is 42.8 Å². The quantitative estimate of drug-likeness (QED) is 0.649. The van der Waals surface area contributed by atoms with E-state index in [-0.39, 0.29) is 24.9 Å². The molecule has 6 nitrogen and oxygen atoms in total. The summed E-state index contributed by atoms with van der Waals surface area (Å²) >= 11 is 12.2. The Hall–Kier alpha value is -1.70. The first kappa shape index (κ1) is 24.0. The molecule has 2 aliphatic rings. The number of rotatable bonds is 6. The lowest BCUT2D eigenvalue weighted by molar-refractivity contribution is -0.116. The van der Waals surface area contributed by atoms with E-state index in [4.69, 9.17) is 27.9 Å². The number of amides is 1. The SMILES string of the molecule is Cl.O=C1CCc2c(OCC(O)CN3CCN(c4ccc(Cl)cc4)CC3)ccc(Cl)c2N1. The number of nitrogens with one attached hydrogen (secondary N) is 1. The van der Waals surface area contributed by atoms with Gasteiger partial charge in [0.2, 0.25) is 5.91 Å². The maximum Gasteiger partial charge on any atom is 0.224 e. The Bertz CT molecular complexity index is 903. The lowest BCUT2D eigenvalue weighted by atomic mass is 10.0. The van der Waals surface area contributed by atoms with Crippen molar-refractivity contribution in [1.29, 1.82) is 0 Å². The van der Waals surface area contributed by atoms with E-state index < -0.39 is 6.10 Å². The van der Waals surface area contributed by atoms with Crippen LogP contribution in [0.15, 0.2) is 36.4 Å². The van der Waals surface area contributed by atoms with Crippen LogP contribution in [0.3, 0.4) is 0 Å². The molecule has 1 amide bonds. The minimum atomic E-state index is -0.600. The standard InChI is InChI=1S/C22H25Cl2N3O3.ClH/c23-15-1-3-16(4-2-15)27-11-9-26(10-12-27)13-17(28)14-30-20-7-6-19(24)22-18(20)5-8-21(29)25-22;/h1-4,6-7,17,28H,5,8-14H2,(H,25,29);1H. The van der Waals surface area contributed by atoms with Crippen LogP contribution in [-0.2, 0) is 11.2 Å². The predicted octanol–water partition coefficient (Wildman–Crippen LogP) is 3.86. The average Bonchev–Trinajstić information content (AvgIpc) is 2.75. The Morgan fingerprint density at radius 2 is 1.74 bits per heavy atom. The summed E-state index contributed by atoms with van der Waals surface area (Å²) in [4.78, 5) is 16.2. The molecule has 1 fully saturated rings. The molecule has 1 atom stereocenters. The second-order valence-electron chi connectivity index (χ2n) is 7.68. The van der Waals surface area contributed by atoms with Crippen LogP contribution in [0.2, 0.25) is 10.0 Å². The third-order valence-corrected chi connectivity index (χ3v) is 6.12. The fourth-order valence-corrected chi connectivity index (χ4v) is 4.29. The molecule has 0 spiro atoms. The molecule has 0 bridgehead atoms. The van der Waals surface area contributed by atoms with Crippen molar-refractivity contribution >= 4 is 52.9 Å². The number of aliphatic hydroxyl groups is 1. The zero-order valence-electron chi connectivity index (χ0n) is 17.0. The van der Waals surface area contributed by atoms with Crippen LogP contribution in [0.4, 0.5) is 11.4 Å². The van der Waals surface area contributed by atoms with E-state index in [1.54, 1.807) is 12.1 Å². The molecule has 2 aromatic carbocycles. The van der Waals surface area contributed by atoms with Crippen LogP contribution in [0.25, 0.3) is 0 Å². The van der Waals surface area contributed by atoms with Crippen molar-refractivity contribution in [2.45, 2.75) is 18.9 Å². The number of carbonyl (C=O) groups excluding carboxylic acids is 1. The molecule has 2 aliphatic heterocycles. The molecule has 2 N–H and O–H groups in total. The first-order chi connectivity index (χ1) is 14.5. The Kier molecular flexibility index (Phi) is 8.30. The number of aliphatic hydroxyl groups excluding tert-OH is 1. The number of benzene rings is 2. The first-order valence-electron chi connectivity index (χ1n) is 10.1. The molecule has 2 aromatic rings. The van der Waals surface area contributed by atoms with E-state index in [0.717, 1.165) is 36.8 Å². The highest BCUT2D eigenvalue weighted by Gasteiger charge is 2.23. The van der Waals surface area contributed by atoms with Gasteiger partial charge in [-0.3, -0.25) is 9.69 Å².